The van der Waals surface area contributed by atoms with Gasteiger partial charge in [0.25, 0.3) is 5.56 Å². The second kappa shape index (κ2) is 9.65. The molecule has 2 aromatic carbocycles. The van der Waals surface area contributed by atoms with Crippen LogP contribution in [0.25, 0.3) is 0 Å². The number of carbonyl (C=O) groups is 2. The number of Topliss-reactive ketones (excluding diaryl/α,β-unsaturated/α-hetero) is 1. The van der Waals surface area contributed by atoms with Crippen molar-refractivity contribution in [3.05, 3.63) is 98.8 Å². The Balaban J connectivity index is 1.79. The predicted octanol–water partition coefficient (Wildman–Crippen LogP) is 2.09. The average molecular weight is 405 g/mol. The number of aromatic nitrogens is 2. The zero-order valence-electron chi connectivity index (χ0n) is 16.6. The van der Waals surface area contributed by atoms with Gasteiger partial charge in [0, 0.05) is 43.3 Å². The number of rotatable bonds is 8. The molecule has 0 aliphatic heterocycles. The standard InChI is InChI=1S/C23H23N3O4/c1-26(19-10-6-3-7-11-19)22(29)17(12-16-8-4-2-5-9-16)13-20(27)14-18-15-24-23(30)25-21(18)28/h2-11,15,17H,12-14H2,1H3,(H2,24,25,28,30)/t17-/m1/s1. The largest absolute Gasteiger partial charge is 0.325 e. The number of aromatic amines is 2. The summed E-state index contributed by atoms with van der Waals surface area (Å²) in [5.74, 6) is -0.996. The molecule has 2 N–H and O–H groups in total. The van der Waals surface area contributed by atoms with E-state index in [-0.39, 0.29) is 30.1 Å². The average Bonchev–Trinajstić information content (AvgIpc) is 2.75. The maximum Gasteiger partial charge on any atom is 0.325 e. The molecule has 0 saturated heterocycles. The van der Waals surface area contributed by atoms with Gasteiger partial charge in [0.2, 0.25) is 5.91 Å². The van der Waals surface area contributed by atoms with Crippen LogP contribution >= 0.6 is 0 Å². The molecule has 1 atom stereocenters. The van der Waals surface area contributed by atoms with E-state index >= 15 is 0 Å². The minimum Gasteiger partial charge on any atom is -0.315 e. The van der Waals surface area contributed by atoms with Crippen molar-refractivity contribution >= 4 is 17.4 Å². The lowest BCUT2D eigenvalue weighted by molar-refractivity contribution is -0.127. The Morgan fingerprint density at radius 1 is 0.967 bits per heavy atom. The van der Waals surface area contributed by atoms with Crippen LogP contribution in [0.5, 0.6) is 0 Å². The summed E-state index contributed by atoms with van der Waals surface area (Å²) in [7, 11) is 1.69. The molecule has 0 radical (unpaired) electrons. The second-order valence-electron chi connectivity index (χ2n) is 7.14. The van der Waals surface area contributed by atoms with Crippen LogP contribution in [0.1, 0.15) is 17.5 Å². The summed E-state index contributed by atoms with van der Waals surface area (Å²) in [6.45, 7) is 0. The summed E-state index contributed by atoms with van der Waals surface area (Å²) in [6, 6.07) is 18.7. The van der Waals surface area contributed by atoms with Gasteiger partial charge in [-0.2, -0.15) is 0 Å². The first kappa shape index (κ1) is 21.0. The molecular formula is C23H23N3O4. The molecule has 0 unspecified atom stereocenters. The number of benzene rings is 2. The van der Waals surface area contributed by atoms with E-state index in [2.05, 4.69) is 9.97 Å². The molecule has 0 bridgehead atoms. The Hall–Kier alpha value is -3.74. The smallest absolute Gasteiger partial charge is 0.315 e. The first-order valence-electron chi connectivity index (χ1n) is 9.63. The minimum absolute atomic E-state index is 0.0104. The van der Waals surface area contributed by atoms with Crippen molar-refractivity contribution in [3.63, 3.8) is 0 Å². The lowest BCUT2D eigenvalue weighted by atomic mass is 9.91. The van der Waals surface area contributed by atoms with Crippen molar-refractivity contribution in [1.82, 2.24) is 9.97 Å². The van der Waals surface area contributed by atoms with Crippen molar-refractivity contribution in [3.8, 4) is 0 Å². The SMILES string of the molecule is CN(C(=O)[C@@H](CC(=O)Cc1c[nH]c(=O)[nH]c1=O)Cc1ccccc1)c1ccccc1. The molecule has 154 valence electrons. The fourth-order valence-corrected chi connectivity index (χ4v) is 3.33. The van der Waals surface area contributed by atoms with Crippen molar-refractivity contribution in [1.29, 1.82) is 0 Å². The van der Waals surface area contributed by atoms with E-state index in [9.17, 15) is 19.2 Å². The number of para-hydroxylation sites is 1. The Bertz CT molecular complexity index is 1120. The molecule has 1 amide bonds. The molecule has 7 nitrogen and oxygen atoms in total. The number of hydrogen-bond acceptors (Lipinski definition) is 4. The van der Waals surface area contributed by atoms with Crippen LogP contribution in [0.4, 0.5) is 5.69 Å². The summed E-state index contributed by atoms with van der Waals surface area (Å²) in [5, 5.41) is 0. The second-order valence-corrected chi connectivity index (χ2v) is 7.14. The third kappa shape index (κ3) is 5.41. The lowest BCUT2D eigenvalue weighted by Crippen LogP contribution is -2.35. The number of nitrogens with one attached hydrogen (secondary N) is 2. The molecule has 7 heteroatoms. The lowest BCUT2D eigenvalue weighted by Gasteiger charge is -2.24. The molecule has 1 aromatic heterocycles. The Labute approximate surface area is 173 Å². The number of nitrogens with zero attached hydrogens (tertiary/aromatic N) is 1. The highest BCUT2D eigenvalue weighted by molar-refractivity contribution is 5.97. The number of ketones is 1. The molecule has 0 aliphatic rings. The van der Waals surface area contributed by atoms with Crippen LogP contribution < -0.4 is 16.1 Å². The van der Waals surface area contributed by atoms with Crippen molar-refractivity contribution in [2.24, 2.45) is 5.92 Å². The Morgan fingerprint density at radius 2 is 1.60 bits per heavy atom. The van der Waals surface area contributed by atoms with Crippen LogP contribution in [0.3, 0.4) is 0 Å². The quantitative estimate of drug-likeness (QED) is 0.599. The van der Waals surface area contributed by atoms with Gasteiger partial charge in [0.15, 0.2) is 0 Å². The highest BCUT2D eigenvalue weighted by Gasteiger charge is 2.26. The first-order valence-corrected chi connectivity index (χ1v) is 9.63. The van der Waals surface area contributed by atoms with Crippen molar-refractivity contribution in [2.45, 2.75) is 19.3 Å². The fraction of sp³-hybridized carbons (Fsp3) is 0.217. The van der Waals surface area contributed by atoms with Crippen LogP contribution in [0.2, 0.25) is 0 Å². The summed E-state index contributed by atoms with van der Waals surface area (Å²) in [6.07, 6.45) is 1.48. The highest BCUT2D eigenvalue weighted by atomic mass is 16.2. The summed E-state index contributed by atoms with van der Waals surface area (Å²) >= 11 is 0. The topological polar surface area (TPSA) is 103 Å². The normalized spacial score (nSPS) is 11.6. The van der Waals surface area contributed by atoms with Crippen LogP contribution in [0.15, 0.2) is 76.4 Å². The van der Waals surface area contributed by atoms with E-state index in [4.69, 9.17) is 0 Å². The van der Waals surface area contributed by atoms with Crippen LogP contribution in [-0.4, -0.2) is 28.7 Å². The molecule has 0 aliphatic carbocycles. The highest BCUT2D eigenvalue weighted by Crippen LogP contribution is 2.20. The maximum atomic E-state index is 13.2. The van der Waals surface area contributed by atoms with Gasteiger partial charge in [0.05, 0.1) is 0 Å². The van der Waals surface area contributed by atoms with E-state index in [1.807, 2.05) is 60.7 Å². The molecule has 1 heterocycles. The number of anilines is 1. The number of H-pyrrole nitrogens is 2. The van der Waals surface area contributed by atoms with Crippen LogP contribution in [-0.2, 0) is 22.4 Å². The predicted molar refractivity (Wildman–Crippen MR) is 114 cm³/mol. The Kier molecular flexibility index (Phi) is 6.75. The summed E-state index contributed by atoms with van der Waals surface area (Å²) < 4.78 is 0. The third-order valence-electron chi connectivity index (χ3n) is 4.91. The fourth-order valence-electron chi connectivity index (χ4n) is 3.33. The number of carbonyl (C=O) groups excluding carboxylic acids is 2. The molecular weight excluding hydrogens is 382 g/mol. The Morgan fingerprint density at radius 3 is 2.23 bits per heavy atom. The molecule has 3 rings (SSSR count). The van der Waals surface area contributed by atoms with E-state index in [1.54, 1.807) is 11.9 Å². The molecule has 3 aromatic rings. The minimum atomic E-state index is -0.627. The summed E-state index contributed by atoms with van der Waals surface area (Å²) in [4.78, 5) is 55.0. The van der Waals surface area contributed by atoms with Crippen molar-refractivity contribution in [2.75, 3.05) is 11.9 Å². The van der Waals surface area contributed by atoms with Gasteiger partial charge in [-0.05, 0) is 24.1 Å². The van der Waals surface area contributed by atoms with Gasteiger partial charge < -0.3 is 9.88 Å². The molecule has 30 heavy (non-hydrogen) atoms. The van der Waals surface area contributed by atoms with Gasteiger partial charge in [0.1, 0.15) is 5.78 Å². The van der Waals surface area contributed by atoms with Gasteiger partial charge in [-0.15, -0.1) is 0 Å². The monoisotopic (exact) mass is 405 g/mol. The molecule has 0 fully saturated rings. The number of hydrogen-bond donors (Lipinski definition) is 2. The zero-order valence-corrected chi connectivity index (χ0v) is 16.6. The zero-order chi connectivity index (χ0) is 21.5. The van der Waals surface area contributed by atoms with E-state index in [1.165, 1.54) is 6.20 Å². The first-order chi connectivity index (χ1) is 14.4. The van der Waals surface area contributed by atoms with Gasteiger partial charge >= 0.3 is 5.69 Å². The van der Waals surface area contributed by atoms with Crippen LogP contribution in [0, 0.1) is 5.92 Å². The number of amides is 1. The van der Waals surface area contributed by atoms with Gasteiger partial charge in [-0.3, -0.25) is 19.4 Å². The van der Waals surface area contributed by atoms with E-state index < -0.39 is 17.2 Å². The third-order valence-corrected chi connectivity index (χ3v) is 4.91. The molecule has 0 spiro atoms. The van der Waals surface area contributed by atoms with E-state index in [0.717, 1.165) is 11.3 Å². The van der Waals surface area contributed by atoms with Gasteiger partial charge in [-0.1, -0.05) is 48.5 Å². The summed E-state index contributed by atoms with van der Waals surface area (Å²) in [5.41, 5.74) is 0.635. The maximum absolute atomic E-state index is 13.2. The molecule has 0 saturated carbocycles. The van der Waals surface area contributed by atoms with Crippen molar-refractivity contribution < 1.29 is 9.59 Å². The van der Waals surface area contributed by atoms with Gasteiger partial charge in [-0.25, -0.2) is 4.79 Å². The van der Waals surface area contributed by atoms with E-state index in [0.29, 0.717) is 6.42 Å².